The van der Waals surface area contributed by atoms with Gasteiger partial charge in [0.05, 0.1) is 23.0 Å². The van der Waals surface area contributed by atoms with E-state index in [-0.39, 0.29) is 18.0 Å². The first-order chi connectivity index (χ1) is 16.6. The fourth-order valence-corrected chi connectivity index (χ4v) is 4.35. The van der Waals surface area contributed by atoms with Gasteiger partial charge in [0.1, 0.15) is 5.75 Å². The van der Waals surface area contributed by atoms with Gasteiger partial charge in [-0.2, -0.15) is 10.1 Å². The molecule has 2 aromatic heterocycles. The normalized spacial score (nSPS) is 13.7. The summed E-state index contributed by atoms with van der Waals surface area (Å²) in [4.78, 5) is 23.3. The number of ketones is 1. The number of aromatic hydroxyl groups is 1. The highest BCUT2D eigenvalue weighted by Crippen LogP contribution is 2.33. The predicted molar refractivity (Wildman–Crippen MR) is 133 cm³/mol. The number of fused-ring (bicyclic) bond motifs is 1. The molecule has 1 saturated heterocycles. The average molecular weight is 455 g/mol. The first-order valence-electron chi connectivity index (χ1n) is 11.4. The number of carbonyl (C=O) groups is 1. The number of benzene rings is 2. The zero-order valence-electron chi connectivity index (χ0n) is 18.8. The van der Waals surface area contributed by atoms with Crippen LogP contribution in [0.2, 0.25) is 0 Å². The second-order valence-electron chi connectivity index (χ2n) is 8.45. The molecule has 5 rings (SSSR count). The fraction of sp³-hybridized carbons (Fsp3) is 0.231. The lowest BCUT2D eigenvalue weighted by atomic mass is 10.0. The number of phenols is 1. The van der Waals surface area contributed by atoms with Crippen LogP contribution in [-0.2, 0) is 11.2 Å². The topological polar surface area (TPSA) is 107 Å². The Bertz CT molecular complexity index is 1360. The minimum atomic E-state index is -0.0385. The number of rotatable bonds is 7. The van der Waals surface area contributed by atoms with E-state index in [9.17, 15) is 9.90 Å². The van der Waals surface area contributed by atoms with Crippen LogP contribution < -0.4 is 10.2 Å². The maximum atomic E-state index is 11.8. The Balaban J connectivity index is 1.46. The van der Waals surface area contributed by atoms with Crippen molar-refractivity contribution >= 4 is 34.1 Å². The van der Waals surface area contributed by atoms with Crippen molar-refractivity contribution in [3.63, 3.8) is 0 Å². The number of nitrogens with zero attached hydrogens (tertiary/aromatic N) is 4. The number of H-pyrrole nitrogens is 1. The van der Waals surface area contributed by atoms with Crippen molar-refractivity contribution < 1.29 is 9.90 Å². The quantitative estimate of drug-likeness (QED) is 0.346. The van der Waals surface area contributed by atoms with Crippen LogP contribution in [0, 0.1) is 0 Å². The number of allylic oxidation sites excluding steroid dienone is 1. The zero-order chi connectivity index (χ0) is 23.5. The summed E-state index contributed by atoms with van der Waals surface area (Å²) in [6.07, 6.45) is 6.83. The maximum Gasteiger partial charge on any atom is 0.229 e. The van der Waals surface area contributed by atoms with Gasteiger partial charge in [-0.3, -0.25) is 9.89 Å². The van der Waals surface area contributed by atoms with Gasteiger partial charge in [0, 0.05) is 36.8 Å². The van der Waals surface area contributed by atoms with Gasteiger partial charge in [-0.05, 0) is 49.1 Å². The van der Waals surface area contributed by atoms with Crippen LogP contribution in [0.4, 0.5) is 17.3 Å². The Hall–Kier alpha value is -4.20. The molecule has 34 heavy (non-hydrogen) atoms. The Morgan fingerprint density at radius 2 is 2.00 bits per heavy atom. The first kappa shape index (κ1) is 21.6. The number of hydrogen-bond acceptors (Lipinski definition) is 7. The van der Waals surface area contributed by atoms with E-state index in [1.54, 1.807) is 12.3 Å². The molecule has 1 aliphatic heterocycles. The highest BCUT2D eigenvalue weighted by Gasteiger charge is 2.16. The highest BCUT2D eigenvalue weighted by molar-refractivity contribution is 5.93. The largest absolute Gasteiger partial charge is 0.506 e. The molecule has 0 bridgehead atoms. The monoisotopic (exact) mass is 454 g/mol. The van der Waals surface area contributed by atoms with Crippen molar-refractivity contribution in [2.24, 2.45) is 0 Å². The van der Waals surface area contributed by atoms with E-state index >= 15 is 0 Å². The number of aromatic amines is 1. The average Bonchev–Trinajstić information content (AvgIpc) is 3.33. The van der Waals surface area contributed by atoms with E-state index in [1.165, 1.54) is 12.5 Å². The molecule has 0 unspecified atom stereocenters. The van der Waals surface area contributed by atoms with Crippen molar-refractivity contribution in [1.29, 1.82) is 0 Å². The Morgan fingerprint density at radius 1 is 1.15 bits per heavy atom. The van der Waals surface area contributed by atoms with E-state index < -0.39 is 0 Å². The lowest BCUT2D eigenvalue weighted by Crippen LogP contribution is -2.29. The number of carbonyl (C=O) groups excluding carboxylic acids is 1. The van der Waals surface area contributed by atoms with Gasteiger partial charge in [0.15, 0.2) is 11.4 Å². The Kier molecular flexibility index (Phi) is 5.95. The number of phenolic OH excluding ortho intramolecular Hbond substituents is 1. The molecule has 172 valence electrons. The molecular weight excluding hydrogens is 428 g/mol. The molecule has 4 aromatic rings. The van der Waals surface area contributed by atoms with Crippen LogP contribution >= 0.6 is 0 Å². The molecule has 0 aliphatic carbocycles. The minimum absolute atomic E-state index is 0.0385. The van der Waals surface area contributed by atoms with Crippen molar-refractivity contribution in [2.75, 3.05) is 23.3 Å². The van der Waals surface area contributed by atoms with Crippen LogP contribution in [0.15, 0.2) is 61.3 Å². The van der Waals surface area contributed by atoms with E-state index in [0.29, 0.717) is 23.0 Å². The molecule has 8 heteroatoms. The molecule has 0 amide bonds. The SMILES string of the molecule is C=CC(=O)Cc1cccc(-c2nc(Nc3ccc(N4CCCCC4)c(O)c3)nc3[nH]ncc23)c1. The van der Waals surface area contributed by atoms with E-state index in [0.717, 1.165) is 48.1 Å². The lowest BCUT2D eigenvalue weighted by molar-refractivity contribution is -0.114. The molecule has 1 aliphatic rings. The van der Waals surface area contributed by atoms with Gasteiger partial charge in [-0.1, -0.05) is 24.8 Å². The highest BCUT2D eigenvalue weighted by atomic mass is 16.3. The van der Waals surface area contributed by atoms with Crippen LogP contribution in [0.1, 0.15) is 24.8 Å². The third kappa shape index (κ3) is 4.47. The fourth-order valence-electron chi connectivity index (χ4n) is 4.35. The number of nitrogens with one attached hydrogen (secondary N) is 2. The summed E-state index contributed by atoms with van der Waals surface area (Å²) >= 11 is 0. The van der Waals surface area contributed by atoms with Crippen molar-refractivity contribution in [1.82, 2.24) is 20.2 Å². The van der Waals surface area contributed by atoms with Gasteiger partial charge in [0.2, 0.25) is 5.95 Å². The van der Waals surface area contributed by atoms with Gasteiger partial charge < -0.3 is 15.3 Å². The molecule has 0 spiro atoms. The predicted octanol–water partition coefficient (Wildman–Crippen LogP) is 4.76. The Morgan fingerprint density at radius 3 is 2.79 bits per heavy atom. The van der Waals surface area contributed by atoms with Gasteiger partial charge in [-0.15, -0.1) is 0 Å². The lowest BCUT2D eigenvalue weighted by Gasteiger charge is -2.29. The summed E-state index contributed by atoms with van der Waals surface area (Å²) < 4.78 is 0. The van der Waals surface area contributed by atoms with Gasteiger partial charge in [0.25, 0.3) is 0 Å². The summed E-state index contributed by atoms with van der Waals surface area (Å²) in [6.45, 7) is 5.47. The standard InChI is InChI=1S/C26H26N6O2/c1-2-20(33)14-17-7-6-8-18(13-17)24-21-16-27-31-25(21)30-26(29-24)28-19-9-10-22(23(34)15-19)32-11-4-3-5-12-32/h2,6-10,13,15-16,34H,1,3-5,11-12,14H2,(H2,27,28,29,30,31). The Labute approximate surface area is 197 Å². The second kappa shape index (κ2) is 9.35. The molecule has 0 saturated carbocycles. The molecular formula is C26H26N6O2. The summed E-state index contributed by atoms with van der Waals surface area (Å²) in [6, 6.07) is 13.2. The third-order valence-electron chi connectivity index (χ3n) is 6.04. The van der Waals surface area contributed by atoms with Crippen LogP contribution in [-0.4, -0.2) is 44.1 Å². The van der Waals surface area contributed by atoms with Crippen molar-refractivity contribution in [3.05, 3.63) is 66.9 Å². The first-order valence-corrected chi connectivity index (χ1v) is 11.4. The molecule has 3 N–H and O–H groups in total. The summed E-state index contributed by atoms with van der Waals surface area (Å²) in [5, 5.41) is 21.7. The van der Waals surface area contributed by atoms with Crippen molar-refractivity contribution in [3.8, 4) is 17.0 Å². The summed E-state index contributed by atoms with van der Waals surface area (Å²) in [7, 11) is 0. The summed E-state index contributed by atoms with van der Waals surface area (Å²) in [5.74, 6) is 0.572. The number of piperidine rings is 1. The van der Waals surface area contributed by atoms with E-state index in [2.05, 4.69) is 32.0 Å². The smallest absolute Gasteiger partial charge is 0.229 e. The van der Waals surface area contributed by atoms with Crippen LogP contribution in [0.3, 0.4) is 0 Å². The van der Waals surface area contributed by atoms with Crippen LogP contribution in [0.5, 0.6) is 5.75 Å². The molecule has 2 aromatic carbocycles. The molecule has 0 atom stereocenters. The molecule has 3 heterocycles. The second-order valence-corrected chi connectivity index (χ2v) is 8.45. The van der Waals surface area contributed by atoms with E-state index in [1.807, 2.05) is 36.4 Å². The van der Waals surface area contributed by atoms with Gasteiger partial charge in [-0.25, -0.2) is 4.98 Å². The molecule has 0 radical (unpaired) electrons. The van der Waals surface area contributed by atoms with Crippen LogP contribution in [0.25, 0.3) is 22.3 Å². The summed E-state index contributed by atoms with van der Waals surface area (Å²) in [5.41, 5.74) is 4.56. The molecule has 8 nitrogen and oxygen atoms in total. The van der Waals surface area contributed by atoms with E-state index in [4.69, 9.17) is 4.98 Å². The number of hydrogen-bond donors (Lipinski definition) is 3. The van der Waals surface area contributed by atoms with Gasteiger partial charge >= 0.3 is 0 Å². The van der Waals surface area contributed by atoms with Crippen molar-refractivity contribution in [2.45, 2.75) is 25.7 Å². The third-order valence-corrected chi connectivity index (χ3v) is 6.04. The minimum Gasteiger partial charge on any atom is -0.506 e. The molecule has 1 fully saturated rings. The number of anilines is 3. The maximum absolute atomic E-state index is 11.8. The zero-order valence-corrected chi connectivity index (χ0v) is 18.8. The number of aromatic nitrogens is 4.